The summed E-state index contributed by atoms with van der Waals surface area (Å²) in [7, 11) is 0. The zero-order valence-corrected chi connectivity index (χ0v) is 9.07. The molecule has 0 radical (unpaired) electrons. The number of carboxylic acids is 2. The zero-order chi connectivity index (χ0) is 12.9. The van der Waals surface area contributed by atoms with Gasteiger partial charge in [-0.1, -0.05) is 0 Å². The average Bonchev–Trinajstić information content (AvgIpc) is 2.18. The van der Waals surface area contributed by atoms with Crippen molar-refractivity contribution in [2.24, 2.45) is 0 Å². The molecule has 0 bridgehead atoms. The molecule has 0 unspecified atom stereocenters. The van der Waals surface area contributed by atoms with Crippen molar-refractivity contribution in [2.75, 3.05) is 13.1 Å². The molecule has 0 aliphatic rings. The molecule has 0 atom stereocenters. The molecule has 0 saturated heterocycles. The van der Waals surface area contributed by atoms with Crippen molar-refractivity contribution in [3.63, 3.8) is 0 Å². The first-order valence-corrected chi connectivity index (χ1v) is 4.73. The zero-order valence-electron chi connectivity index (χ0n) is 9.07. The fourth-order valence-corrected chi connectivity index (χ4v) is 1.14. The van der Waals surface area contributed by atoms with E-state index in [0.717, 1.165) is 0 Å². The van der Waals surface area contributed by atoms with E-state index in [4.69, 9.17) is 10.2 Å². The SMILES string of the molecule is CCN(CC)C(=O)CC(F)(C(=O)O)C(=O)O. The van der Waals surface area contributed by atoms with E-state index in [-0.39, 0.29) is 13.1 Å². The van der Waals surface area contributed by atoms with Crippen LogP contribution in [-0.4, -0.2) is 51.7 Å². The lowest BCUT2D eigenvalue weighted by Gasteiger charge is -2.22. The molecule has 92 valence electrons. The van der Waals surface area contributed by atoms with E-state index in [1.54, 1.807) is 13.8 Å². The third-order valence-corrected chi connectivity index (χ3v) is 2.19. The molecule has 0 fully saturated rings. The summed E-state index contributed by atoms with van der Waals surface area (Å²) in [4.78, 5) is 33.5. The first-order valence-electron chi connectivity index (χ1n) is 4.73. The molecular weight excluding hydrogens is 221 g/mol. The van der Waals surface area contributed by atoms with E-state index >= 15 is 0 Å². The molecule has 0 saturated carbocycles. The maximum Gasteiger partial charge on any atom is 0.353 e. The van der Waals surface area contributed by atoms with Crippen LogP contribution in [0.25, 0.3) is 0 Å². The van der Waals surface area contributed by atoms with E-state index in [1.165, 1.54) is 4.90 Å². The van der Waals surface area contributed by atoms with E-state index < -0.39 is 29.9 Å². The highest BCUT2D eigenvalue weighted by atomic mass is 19.1. The van der Waals surface area contributed by atoms with Crippen LogP contribution in [0.4, 0.5) is 4.39 Å². The Bertz CT molecular complexity index is 286. The molecular formula is C9H14FNO5. The van der Waals surface area contributed by atoms with E-state index in [0.29, 0.717) is 0 Å². The van der Waals surface area contributed by atoms with Crippen LogP contribution in [0.15, 0.2) is 0 Å². The summed E-state index contributed by atoms with van der Waals surface area (Å²) in [5.41, 5.74) is -3.56. The highest BCUT2D eigenvalue weighted by Gasteiger charge is 2.49. The number of nitrogens with zero attached hydrogens (tertiary/aromatic N) is 1. The quantitative estimate of drug-likeness (QED) is 0.638. The van der Waals surface area contributed by atoms with E-state index in [2.05, 4.69) is 0 Å². The number of alkyl halides is 1. The lowest BCUT2D eigenvalue weighted by molar-refractivity contribution is -0.170. The molecule has 0 aliphatic heterocycles. The van der Waals surface area contributed by atoms with Gasteiger partial charge < -0.3 is 15.1 Å². The van der Waals surface area contributed by atoms with Gasteiger partial charge in [-0.25, -0.2) is 14.0 Å². The normalized spacial score (nSPS) is 10.9. The summed E-state index contributed by atoms with van der Waals surface area (Å²) in [5, 5.41) is 16.9. The Morgan fingerprint density at radius 2 is 1.50 bits per heavy atom. The van der Waals surface area contributed by atoms with Crippen molar-refractivity contribution in [2.45, 2.75) is 25.9 Å². The first kappa shape index (κ1) is 14.3. The molecule has 0 aliphatic carbocycles. The van der Waals surface area contributed by atoms with Gasteiger partial charge >= 0.3 is 17.6 Å². The van der Waals surface area contributed by atoms with Gasteiger partial charge in [-0.3, -0.25) is 4.79 Å². The topological polar surface area (TPSA) is 94.9 Å². The third kappa shape index (κ3) is 2.91. The van der Waals surface area contributed by atoms with Gasteiger partial charge in [0.1, 0.15) is 0 Å². The standard InChI is InChI=1S/C9H14FNO5/c1-3-11(4-2)6(12)5-9(10,7(13)14)8(15)16/h3-5H2,1-2H3,(H,13,14)(H,15,16). The van der Waals surface area contributed by atoms with Crippen molar-refractivity contribution in [1.82, 2.24) is 4.90 Å². The molecule has 7 heteroatoms. The Morgan fingerprint density at radius 1 is 1.12 bits per heavy atom. The molecule has 0 heterocycles. The minimum Gasteiger partial charge on any atom is -0.478 e. The largest absolute Gasteiger partial charge is 0.478 e. The van der Waals surface area contributed by atoms with Gasteiger partial charge in [0.25, 0.3) is 0 Å². The van der Waals surface area contributed by atoms with Gasteiger partial charge in [0.2, 0.25) is 5.91 Å². The number of hydrogen-bond acceptors (Lipinski definition) is 3. The van der Waals surface area contributed by atoms with Crippen molar-refractivity contribution >= 4 is 17.8 Å². The van der Waals surface area contributed by atoms with Crippen molar-refractivity contribution in [1.29, 1.82) is 0 Å². The number of aliphatic carboxylic acids is 2. The van der Waals surface area contributed by atoms with Crippen molar-refractivity contribution < 1.29 is 29.0 Å². The predicted octanol–water partition coefficient (Wildman–Crippen LogP) is 0.122. The van der Waals surface area contributed by atoms with Crippen LogP contribution in [0.1, 0.15) is 20.3 Å². The monoisotopic (exact) mass is 235 g/mol. The van der Waals surface area contributed by atoms with Gasteiger partial charge in [0.05, 0.1) is 6.42 Å². The van der Waals surface area contributed by atoms with Gasteiger partial charge in [0.15, 0.2) is 0 Å². The summed E-state index contributed by atoms with van der Waals surface area (Å²) in [6.45, 7) is 3.79. The van der Waals surface area contributed by atoms with Crippen LogP contribution in [-0.2, 0) is 14.4 Å². The van der Waals surface area contributed by atoms with E-state index in [9.17, 15) is 18.8 Å². The van der Waals surface area contributed by atoms with Gasteiger partial charge in [0, 0.05) is 13.1 Å². The predicted molar refractivity (Wildman–Crippen MR) is 51.7 cm³/mol. The minimum absolute atomic E-state index is 0.269. The fraction of sp³-hybridized carbons (Fsp3) is 0.667. The highest BCUT2D eigenvalue weighted by molar-refractivity contribution is 6.05. The maximum atomic E-state index is 13.5. The highest BCUT2D eigenvalue weighted by Crippen LogP contribution is 2.18. The number of carbonyl (C=O) groups is 3. The Hall–Kier alpha value is -1.66. The second-order valence-electron chi connectivity index (χ2n) is 3.15. The summed E-state index contributed by atoms with van der Waals surface area (Å²) < 4.78 is 13.5. The third-order valence-electron chi connectivity index (χ3n) is 2.19. The molecule has 1 amide bonds. The molecule has 6 nitrogen and oxygen atoms in total. The van der Waals surface area contributed by atoms with Crippen molar-refractivity contribution in [3.8, 4) is 0 Å². The molecule has 0 aromatic heterocycles. The molecule has 16 heavy (non-hydrogen) atoms. The maximum absolute atomic E-state index is 13.5. The molecule has 2 N–H and O–H groups in total. The lowest BCUT2D eigenvalue weighted by atomic mass is 10.0. The smallest absolute Gasteiger partial charge is 0.353 e. The van der Waals surface area contributed by atoms with Crippen LogP contribution in [0.2, 0.25) is 0 Å². The van der Waals surface area contributed by atoms with Gasteiger partial charge in [-0.2, -0.15) is 0 Å². The van der Waals surface area contributed by atoms with Crippen molar-refractivity contribution in [3.05, 3.63) is 0 Å². The number of hydrogen-bond donors (Lipinski definition) is 2. The number of carboxylic acid groups (broad SMARTS) is 2. The second-order valence-corrected chi connectivity index (χ2v) is 3.15. The molecule has 0 rings (SSSR count). The average molecular weight is 235 g/mol. The Morgan fingerprint density at radius 3 is 1.75 bits per heavy atom. The summed E-state index contributed by atoms with van der Waals surface area (Å²) in [5.74, 6) is -5.17. The van der Waals surface area contributed by atoms with Crippen LogP contribution in [0.5, 0.6) is 0 Å². The Kier molecular flexibility index (Phi) is 4.87. The summed E-state index contributed by atoms with van der Waals surface area (Å²) >= 11 is 0. The number of amides is 1. The minimum atomic E-state index is -3.56. The van der Waals surface area contributed by atoms with Crippen LogP contribution in [0.3, 0.4) is 0 Å². The van der Waals surface area contributed by atoms with Crippen LogP contribution < -0.4 is 0 Å². The second kappa shape index (κ2) is 5.43. The molecule has 0 spiro atoms. The van der Waals surface area contributed by atoms with Crippen LogP contribution >= 0.6 is 0 Å². The first-order chi connectivity index (χ1) is 7.29. The van der Waals surface area contributed by atoms with E-state index in [1.807, 2.05) is 0 Å². The number of rotatable bonds is 6. The summed E-state index contributed by atoms with van der Waals surface area (Å²) in [6.07, 6.45) is -1.20. The summed E-state index contributed by atoms with van der Waals surface area (Å²) in [6, 6.07) is 0. The Balaban J connectivity index is 4.85. The molecule has 0 aromatic carbocycles. The fourth-order valence-electron chi connectivity index (χ4n) is 1.14. The van der Waals surface area contributed by atoms with Crippen LogP contribution in [0, 0.1) is 0 Å². The van der Waals surface area contributed by atoms with Gasteiger partial charge in [-0.15, -0.1) is 0 Å². The molecule has 0 aromatic rings. The number of carbonyl (C=O) groups excluding carboxylic acids is 1. The Labute approximate surface area is 91.7 Å². The van der Waals surface area contributed by atoms with Gasteiger partial charge in [-0.05, 0) is 13.8 Å². The number of halogens is 1. The lowest BCUT2D eigenvalue weighted by Crippen LogP contribution is -2.47.